The largest absolute Gasteiger partial charge is 0.452 e. The molecule has 1 N–H and O–H groups in total. The summed E-state index contributed by atoms with van der Waals surface area (Å²) in [4.78, 5) is 24.2. The Bertz CT molecular complexity index is 949. The van der Waals surface area contributed by atoms with Crippen LogP contribution >= 0.6 is 11.6 Å². The maximum atomic E-state index is 12.2. The van der Waals surface area contributed by atoms with E-state index in [0.717, 1.165) is 16.3 Å². The molecule has 132 valence electrons. The number of benzene rings is 3. The van der Waals surface area contributed by atoms with Crippen molar-refractivity contribution in [2.24, 2.45) is 0 Å². The normalized spacial score (nSPS) is 11.8. The summed E-state index contributed by atoms with van der Waals surface area (Å²) < 4.78 is 5.06. The minimum atomic E-state index is -0.622. The first-order chi connectivity index (χ1) is 12.6. The van der Waals surface area contributed by atoms with Gasteiger partial charge < -0.3 is 10.1 Å². The van der Waals surface area contributed by atoms with Crippen molar-refractivity contribution in [3.8, 4) is 0 Å². The van der Waals surface area contributed by atoms with Gasteiger partial charge in [-0.3, -0.25) is 4.79 Å². The molecule has 0 aliphatic rings. The number of amides is 1. The van der Waals surface area contributed by atoms with Gasteiger partial charge in [0.15, 0.2) is 6.61 Å². The zero-order chi connectivity index (χ0) is 18.5. The molecular weight excluding hydrogens is 350 g/mol. The second kappa shape index (κ2) is 8.02. The lowest BCUT2D eigenvalue weighted by molar-refractivity contribution is -0.124. The summed E-state index contributed by atoms with van der Waals surface area (Å²) in [6.45, 7) is 1.54. The summed E-state index contributed by atoms with van der Waals surface area (Å²) in [6.07, 6.45) is 0. The molecule has 0 saturated carbocycles. The summed E-state index contributed by atoms with van der Waals surface area (Å²) in [5, 5.41) is 5.34. The van der Waals surface area contributed by atoms with E-state index in [-0.39, 0.29) is 24.1 Å². The van der Waals surface area contributed by atoms with Crippen molar-refractivity contribution < 1.29 is 14.3 Å². The molecule has 0 bridgehead atoms. The Balaban J connectivity index is 1.63. The minimum absolute atomic E-state index is 0.215. The van der Waals surface area contributed by atoms with Crippen LogP contribution in [0.3, 0.4) is 0 Å². The van der Waals surface area contributed by atoms with Crippen molar-refractivity contribution in [3.05, 3.63) is 82.9 Å². The standard InChI is InChI=1S/C21H18ClNO3/c1-14(16-11-6-8-15-7-2-3-9-17(15)16)23-20(24)13-26-21(25)18-10-4-5-12-19(18)22/h2-12,14H,13H2,1H3,(H,23,24). The average molecular weight is 368 g/mol. The molecule has 4 nitrogen and oxygen atoms in total. The lowest BCUT2D eigenvalue weighted by Crippen LogP contribution is -2.31. The van der Waals surface area contributed by atoms with Gasteiger partial charge in [-0.1, -0.05) is 66.2 Å². The van der Waals surface area contributed by atoms with E-state index < -0.39 is 5.97 Å². The van der Waals surface area contributed by atoms with Gasteiger partial charge in [0.2, 0.25) is 0 Å². The van der Waals surface area contributed by atoms with Crippen molar-refractivity contribution in [2.75, 3.05) is 6.61 Å². The summed E-state index contributed by atoms with van der Waals surface area (Å²) in [7, 11) is 0. The van der Waals surface area contributed by atoms with E-state index >= 15 is 0 Å². The molecule has 1 amide bonds. The number of halogens is 1. The first-order valence-corrected chi connectivity index (χ1v) is 8.62. The van der Waals surface area contributed by atoms with Crippen LogP contribution in [0.25, 0.3) is 10.8 Å². The Morgan fingerprint density at radius 1 is 1.00 bits per heavy atom. The van der Waals surface area contributed by atoms with E-state index in [1.165, 1.54) is 0 Å². The maximum absolute atomic E-state index is 12.2. The number of carbonyl (C=O) groups excluding carboxylic acids is 2. The van der Waals surface area contributed by atoms with Gasteiger partial charge >= 0.3 is 5.97 Å². The molecule has 0 saturated heterocycles. The van der Waals surface area contributed by atoms with Gasteiger partial charge in [-0.15, -0.1) is 0 Å². The molecule has 1 unspecified atom stereocenters. The predicted molar refractivity (Wildman–Crippen MR) is 102 cm³/mol. The molecule has 5 heteroatoms. The highest BCUT2D eigenvalue weighted by Crippen LogP contribution is 2.24. The van der Waals surface area contributed by atoms with Crippen LogP contribution < -0.4 is 5.32 Å². The third-order valence-corrected chi connectivity index (χ3v) is 4.43. The van der Waals surface area contributed by atoms with Crippen LogP contribution in [0.1, 0.15) is 28.9 Å². The third-order valence-electron chi connectivity index (χ3n) is 4.10. The SMILES string of the molecule is CC(NC(=O)COC(=O)c1ccccc1Cl)c1cccc2ccccc12. The number of rotatable bonds is 5. The summed E-state index contributed by atoms with van der Waals surface area (Å²) in [6, 6.07) is 20.3. The van der Waals surface area contributed by atoms with Gasteiger partial charge in [-0.25, -0.2) is 4.79 Å². The Morgan fingerprint density at radius 3 is 2.50 bits per heavy atom. The van der Waals surface area contributed by atoms with Crippen LogP contribution in [0.5, 0.6) is 0 Å². The van der Waals surface area contributed by atoms with Crippen LogP contribution in [0, 0.1) is 0 Å². The van der Waals surface area contributed by atoms with Gasteiger partial charge in [-0.2, -0.15) is 0 Å². The number of nitrogens with one attached hydrogen (secondary N) is 1. The lowest BCUT2D eigenvalue weighted by Gasteiger charge is -2.16. The first kappa shape index (κ1) is 18.0. The molecular formula is C21H18ClNO3. The summed E-state index contributed by atoms with van der Waals surface area (Å²) >= 11 is 5.95. The number of fused-ring (bicyclic) bond motifs is 1. The average Bonchev–Trinajstić information content (AvgIpc) is 2.66. The molecule has 0 spiro atoms. The van der Waals surface area contributed by atoms with E-state index in [1.807, 2.05) is 49.4 Å². The highest BCUT2D eigenvalue weighted by molar-refractivity contribution is 6.33. The van der Waals surface area contributed by atoms with Crippen molar-refractivity contribution in [1.29, 1.82) is 0 Å². The van der Waals surface area contributed by atoms with Crippen LogP contribution in [0.15, 0.2) is 66.7 Å². The zero-order valence-corrected chi connectivity index (χ0v) is 15.0. The van der Waals surface area contributed by atoms with Crippen LogP contribution in [-0.2, 0) is 9.53 Å². The fraction of sp³-hybridized carbons (Fsp3) is 0.143. The third kappa shape index (κ3) is 4.03. The first-order valence-electron chi connectivity index (χ1n) is 8.25. The molecule has 0 heterocycles. The van der Waals surface area contributed by atoms with Gasteiger partial charge in [0.1, 0.15) is 0 Å². The highest BCUT2D eigenvalue weighted by Gasteiger charge is 2.16. The number of hydrogen-bond acceptors (Lipinski definition) is 3. The Morgan fingerprint density at radius 2 is 1.69 bits per heavy atom. The van der Waals surface area contributed by atoms with Crippen molar-refractivity contribution in [3.63, 3.8) is 0 Å². The molecule has 26 heavy (non-hydrogen) atoms. The van der Waals surface area contributed by atoms with Crippen molar-refractivity contribution in [2.45, 2.75) is 13.0 Å². The quantitative estimate of drug-likeness (QED) is 0.674. The lowest BCUT2D eigenvalue weighted by atomic mass is 10.00. The molecule has 0 fully saturated rings. The molecule has 1 atom stereocenters. The molecule has 3 aromatic rings. The van der Waals surface area contributed by atoms with Crippen molar-refractivity contribution >= 4 is 34.2 Å². The highest BCUT2D eigenvalue weighted by atomic mass is 35.5. The zero-order valence-electron chi connectivity index (χ0n) is 14.2. The number of esters is 1. The Labute approximate surface area is 156 Å². The molecule has 0 aliphatic heterocycles. The van der Waals surface area contributed by atoms with Gasteiger partial charge in [0, 0.05) is 0 Å². The molecule has 3 aromatic carbocycles. The van der Waals surface area contributed by atoms with E-state index in [1.54, 1.807) is 24.3 Å². The summed E-state index contributed by atoms with van der Waals surface area (Å²) in [5.74, 6) is -0.991. The van der Waals surface area contributed by atoms with Gasteiger partial charge in [-0.05, 0) is 35.4 Å². The van der Waals surface area contributed by atoms with E-state index in [4.69, 9.17) is 16.3 Å². The second-order valence-corrected chi connectivity index (χ2v) is 6.32. The predicted octanol–water partition coefficient (Wildman–Crippen LogP) is 4.53. The fourth-order valence-electron chi connectivity index (χ4n) is 2.82. The van der Waals surface area contributed by atoms with Crippen LogP contribution in [-0.4, -0.2) is 18.5 Å². The smallest absolute Gasteiger partial charge is 0.340 e. The van der Waals surface area contributed by atoms with Gasteiger partial charge in [0.25, 0.3) is 5.91 Å². The minimum Gasteiger partial charge on any atom is -0.452 e. The maximum Gasteiger partial charge on any atom is 0.340 e. The topological polar surface area (TPSA) is 55.4 Å². The number of hydrogen-bond donors (Lipinski definition) is 1. The van der Waals surface area contributed by atoms with Gasteiger partial charge in [0.05, 0.1) is 16.6 Å². The number of ether oxygens (including phenoxy) is 1. The van der Waals surface area contributed by atoms with E-state index in [9.17, 15) is 9.59 Å². The van der Waals surface area contributed by atoms with Crippen LogP contribution in [0.4, 0.5) is 0 Å². The van der Waals surface area contributed by atoms with E-state index in [2.05, 4.69) is 5.32 Å². The summed E-state index contributed by atoms with van der Waals surface area (Å²) in [5.41, 5.74) is 1.25. The molecule has 0 aliphatic carbocycles. The number of carbonyl (C=O) groups is 2. The van der Waals surface area contributed by atoms with E-state index in [0.29, 0.717) is 5.02 Å². The molecule has 0 aromatic heterocycles. The monoisotopic (exact) mass is 367 g/mol. The van der Waals surface area contributed by atoms with Crippen LogP contribution in [0.2, 0.25) is 5.02 Å². The van der Waals surface area contributed by atoms with Crippen molar-refractivity contribution in [1.82, 2.24) is 5.32 Å². The Hall–Kier alpha value is -2.85. The molecule has 0 radical (unpaired) electrons. The second-order valence-electron chi connectivity index (χ2n) is 5.91. The fourth-order valence-corrected chi connectivity index (χ4v) is 3.04. The Kier molecular flexibility index (Phi) is 5.54. The molecule has 3 rings (SSSR count).